The largest absolute Gasteiger partial charge is 0.368 e. The molecule has 0 atom stereocenters. The normalized spacial score (nSPS) is 15.7. The lowest BCUT2D eigenvalue weighted by atomic mass is 10.1. The number of piperazine rings is 1. The van der Waals surface area contributed by atoms with E-state index in [1.807, 2.05) is 4.90 Å². The van der Waals surface area contributed by atoms with Crippen LogP contribution in [0.2, 0.25) is 5.02 Å². The highest BCUT2D eigenvalue weighted by Crippen LogP contribution is 2.26. The average Bonchev–Trinajstić information content (AvgIpc) is 2.64. The van der Waals surface area contributed by atoms with Gasteiger partial charge in [-0.3, -0.25) is 0 Å². The molecule has 1 heterocycles. The molecule has 136 valence electrons. The molecule has 0 spiro atoms. The minimum Gasteiger partial charge on any atom is -0.368 e. The van der Waals surface area contributed by atoms with Gasteiger partial charge in [0.15, 0.2) is 11.6 Å². The van der Waals surface area contributed by atoms with Crippen molar-refractivity contribution >= 4 is 27.3 Å². The first-order chi connectivity index (χ1) is 12.3. The van der Waals surface area contributed by atoms with Gasteiger partial charge in [0.25, 0.3) is 0 Å². The lowest BCUT2D eigenvalue weighted by Gasteiger charge is -2.35. The summed E-state index contributed by atoms with van der Waals surface area (Å²) in [6.45, 7) is 1.04. The van der Waals surface area contributed by atoms with E-state index in [4.69, 9.17) is 11.6 Å². The molecule has 5 nitrogen and oxygen atoms in total. The van der Waals surface area contributed by atoms with E-state index in [1.54, 1.807) is 18.2 Å². The van der Waals surface area contributed by atoms with Crippen LogP contribution >= 0.6 is 11.6 Å². The fourth-order valence-corrected chi connectivity index (χ4v) is 4.44. The van der Waals surface area contributed by atoms with Gasteiger partial charge in [0.2, 0.25) is 10.0 Å². The van der Waals surface area contributed by atoms with Crippen LogP contribution in [0, 0.1) is 23.0 Å². The molecule has 0 radical (unpaired) electrons. The molecule has 9 heteroatoms. The first kappa shape index (κ1) is 18.6. The smallest absolute Gasteiger partial charge is 0.243 e. The van der Waals surface area contributed by atoms with Crippen LogP contribution in [-0.4, -0.2) is 38.9 Å². The Morgan fingerprint density at radius 1 is 1.00 bits per heavy atom. The van der Waals surface area contributed by atoms with Crippen LogP contribution in [-0.2, 0) is 10.0 Å². The molecule has 0 saturated carbocycles. The molecule has 0 aromatic heterocycles. The Balaban J connectivity index is 1.78. The summed E-state index contributed by atoms with van der Waals surface area (Å²) in [5.74, 6) is -2.30. The van der Waals surface area contributed by atoms with Gasteiger partial charge in [-0.15, -0.1) is 0 Å². The number of nitriles is 1. The third kappa shape index (κ3) is 3.51. The molecule has 26 heavy (non-hydrogen) atoms. The minimum absolute atomic E-state index is 0.162. The second kappa shape index (κ2) is 7.19. The Morgan fingerprint density at radius 3 is 2.31 bits per heavy atom. The Bertz CT molecular complexity index is 984. The number of rotatable bonds is 3. The van der Waals surface area contributed by atoms with Crippen molar-refractivity contribution in [2.45, 2.75) is 4.90 Å². The van der Waals surface area contributed by atoms with E-state index in [-0.39, 0.29) is 18.0 Å². The lowest BCUT2D eigenvalue weighted by molar-refractivity contribution is 0.384. The van der Waals surface area contributed by atoms with Crippen LogP contribution in [0.25, 0.3) is 0 Å². The maximum atomic E-state index is 13.4. The minimum atomic E-state index is -3.92. The van der Waals surface area contributed by atoms with Crippen LogP contribution in [0.1, 0.15) is 5.56 Å². The zero-order valence-corrected chi connectivity index (χ0v) is 15.1. The van der Waals surface area contributed by atoms with Crippen molar-refractivity contribution in [1.29, 1.82) is 5.26 Å². The van der Waals surface area contributed by atoms with Gasteiger partial charge in [0.05, 0.1) is 16.1 Å². The van der Waals surface area contributed by atoms with E-state index in [9.17, 15) is 22.5 Å². The highest BCUT2D eigenvalue weighted by Gasteiger charge is 2.29. The van der Waals surface area contributed by atoms with Crippen molar-refractivity contribution in [2.75, 3.05) is 31.1 Å². The van der Waals surface area contributed by atoms with E-state index in [0.29, 0.717) is 35.4 Å². The van der Waals surface area contributed by atoms with Gasteiger partial charge in [-0.25, -0.2) is 17.2 Å². The molecule has 1 aliphatic heterocycles. The molecular weight excluding hydrogens is 384 g/mol. The molecule has 0 unspecified atom stereocenters. The standard InChI is InChI=1S/C17H14ClF2N3O2S/c18-13-1-4-17(12(9-13)11-21)22-5-7-23(8-6-22)26(24,25)14-2-3-15(19)16(20)10-14/h1-4,9-10H,5-8H2. The SMILES string of the molecule is N#Cc1cc(Cl)ccc1N1CCN(S(=O)(=O)c2ccc(F)c(F)c2)CC1. The lowest BCUT2D eigenvalue weighted by Crippen LogP contribution is -2.48. The van der Waals surface area contributed by atoms with E-state index < -0.39 is 21.7 Å². The van der Waals surface area contributed by atoms with Crippen LogP contribution < -0.4 is 4.90 Å². The van der Waals surface area contributed by atoms with Crippen molar-refractivity contribution in [1.82, 2.24) is 4.31 Å². The zero-order chi connectivity index (χ0) is 18.9. The fraction of sp³-hybridized carbons (Fsp3) is 0.235. The van der Waals surface area contributed by atoms with Gasteiger partial charge in [0.1, 0.15) is 6.07 Å². The number of benzene rings is 2. The first-order valence-electron chi connectivity index (χ1n) is 7.73. The highest BCUT2D eigenvalue weighted by atomic mass is 35.5. The van der Waals surface area contributed by atoms with E-state index >= 15 is 0 Å². The Hall–Kier alpha value is -2.21. The van der Waals surface area contributed by atoms with Gasteiger partial charge in [-0.05, 0) is 36.4 Å². The summed E-state index contributed by atoms with van der Waals surface area (Å²) < 4.78 is 52.9. The molecule has 0 bridgehead atoms. The zero-order valence-electron chi connectivity index (χ0n) is 13.5. The van der Waals surface area contributed by atoms with E-state index in [2.05, 4.69) is 6.07 Å². The van der Waals surface area contributed by atoms with Gasteiger partial charge in [-0.1, -0.05) is 11.6 Å². The van der Waals surface area contributed by atoms with Crippen LogP contribution in [0.4, 0.5) is 14.5 Å². The third-order valence-electron chi connectivity index (χ3n) is 4.19. The summed E-state index contributed by atoms with van der Waals surface area (Å²) >= 11 is 5.89. The van der Waals surface area contributed by atoms with Crippen molar-refractivity contribution < 1.29 is 17.2 Å². The van der Waals surface area contributed by atoms with Gasteiger partial charge in [-0.2, -0.15) is 9.57 Å². The van der Waals surface area contributed by atoms with Crippen molar-refractivity contribution in [3.05, 3.63) is 58.6 Å². The molecule has 1 fully saturated rings. The fourth-order valence-electron chi connectivity index (χ4n) is 2.83. The van der Waals surface area contributed by atoms with Crippen LogP contribution in [0.15, 0.2) is 41.3 Å². The maximum Gasteiger partial charge on any atom is 0.243 e. The number of halogens is 3. The predicted octanol–water partition coefficient (Wildman–Crippen LogP) is 3.00. The topological polar surface area (TPSA) is 64.4 Å². The van der Waals surface area contributed by atoms with E-state index in [1.165, 1.54) is 4.31 Å². The summed E-state index contributed by atoms with van der Waals surface area (Å²) in [7, 11) is -3.92. The maximum absolute atomic E-state index is 13.4. The number of nitrogens with zero attached hydrogens (tertiary/aromatic N) is 3. The quantitative estimate of drug-likeness (QED) is 0.798. The summed E-state index contributed by atoms with van der Waals surface area (Å²) in [5, 5.41) is 9.69. The summed E-state index contributed by atoms with van der Waals surface area (Å²) in [5.41, 5.74) is 1.09. The third-order valence-corrected chi connectivity index (χ3v) is 6.32. The molecule has 0 amide bonds. The second-order valence-corrected chi connectivity index (χ2v) is 8.11. The summed E-state index contributed by atoms with van der Waals surface area (Å²) in [4.78, 5) is 1.61. The average molecular weight is 398 g/mol. The highest BCUT2D eigenvalue weighted by molar-refractivity contribution is 7.89. The van der Waals surface area contributed by atoms with Gasteiger partial charge in [0, 0.05) is 31.2 Å². The molecule has 1 aliphatic rings. The number of anilines is 1. The van der Waals surface area contributed by atoms with Crippen molar-refractivity contribution in [3.8, 4) is 6.07 Å². The van der Waals surface area contributed by atoms with E-state index in [0.717, 1.165) is 12.1 Å². The molecule has 1 saturated heterocycles. The van der Waals surface area contributed by atoms with Crippen molar-refractivity contribution in [2.24, 2.45) is 0 Å². The molecule has 2 aromatic rings. The molecule has 0 N–H and O–H groups in total. The van der Waals surface area contributed by atoms with Crippen LogP contribution in [0.3, 0.4) is 0 Å². The summed E-state index contributed by atoms with van der Waals surface area (Å²) in [6.07, 6.45) is 0. The predicted molar refractivity (Wildman–Crippen MR) is 93.5 cm³/mol. The Kier molecular flexibility index (Phi) is 5.14. The Labute approximate surface area is 155 Å². The number of sulfonamides is 1. The first-order valence-corrected chi connectivity index (χ1v) is 9.54. The summed E-state index contributed by atoms with van der Waals surface area (Å²) in [6, 6.07) is 9.56. The number of hydrogen-bond donors (Lipinski definition) is 0. The monoisotopic (exact) mass is 397 g/mol. The number of hydrogen-bond acceptors (Lipinski definition) is 4. The molecule has 2 aromatic carbocycles. The second-order valence-electron chi connectivity index (χ2n) is 5.74. The molecule has 3 rings (SSSR count). The van der Waals surface area contributed by atoms with Crippen LogP contribution in [0.5, 0.6) is 0 Å². The van der Waals surface area contributed by atoms with Crippen molar-refractivity contribution in [3.63, 3.8) is 0 Å². The molecular formula is C17H14ClF2N3O2S. The van der Waals surface area contributed by atoms with Gasteiger partial charge >= 0.3 is 0 Å². The molecule has 0 aliphatic carbocycles. The Morgan fingerprint density at radius 2 is 1.69 bits per heavy atom. The van der Waals surface area contributed by atoms with Gasteiger partial charge < -0.3 is 4.90 Å².